The lowest BCUT2D eigenvalue weighted by atomic mass is 10.1. The maximum atomic E-state index is 13.2. The molecule has 0 unspecified atom stereocenters. The lowest BCUT2D eigenvalue weighted by Gasteiger charge is -2.09. The third kappa shape index (κ3) is 3.37. The Hall–Kier alpha value is -1.99. The Morgan fingerprint density at radius 1 is 1.33 bits per heavy atom. The van der Waals surface area contributed by atoms with Crippen LogP contribution >= 0.6 is 27.5 Å². The van der Waals surface area contributed by atoms with Gasteiger partial charge in [-0.05, 0) is 40.2 Å². The first-order valence-electron chi connectivity index (χ1n) is 5.59. The number of anilines is 1. The maximum absolute atomic E-state index is 13.2. The van der Waals surface area contributed by atoms with Crippen molar-refractivity contribution in [3.05, 3.63) is 67.4 Å². The molecule has 8 heteroatoms. The van der Waals surface area contributed by atoms with E-state index < -0.39 is 22.3 Å². The Labute approximate surface area is 132 Å². The highest BCUT2D eigenvalue weighted by atomic mass is 79.9. The first-order valence-corrected chi connectivity index (χ1v) is 6.76. The molecule has 0 spiro atoms. The molecule has 108 valence electrons. The standard InChI is InChI=1S/C13H7BrClFN2O3/c14-8-5-4-7(16)6-10(8)17-13(19)12-9(15)2-1-3-11(12)18(20)21/h1-6H,(H,17,19). The Bertz CT molecular complexity index is 739. The Morgan fingerprint density at radius 2 is 2.05 bits per heavy atom. The molecule has 0 radical (unpaired) electrons. The van der Waals surface area contributed by atoms with Crippen LogP contribution in [-0.4, -0.2) is 10.8 Å². The van der Waals surface area contributed by atoms with Gasteiger partial charge in [-0.15, -0.1) is 0 Å². The van der Waals surface area contributed by atoms with E-state index in [1.165, 1.54) is 30.3 Å². The molecule has 1 amide bonds. The zero-order chi connectivity index (χ0) is 15.6. The molecule has 0 heterocycles. The Morgan fingerprint density at radius 3 is 2.71 bits per heavy atom. The summed E-state index contributed by atoms with van der Waals surface area (Å²) >= 11 is 9.00. The molecule has 2 aromatic rings. The van der Waals surface area contributed by atoms with Crippen LogP contribution in [0, 0.1) is 15.9 Å². The molecular weight excluding hydrogens is 367 g/mol. The van der Waals surface area contributed by atoms with E-state index in [2.05, 4.69) is 21.2 Å². The van der Waals surface area contributed by atoms with Gasteiger partial charge in [-0.3, -0.25) is 14.9 Å². The second-order valence-electron chi connectivity index (χ2n) is 3.97. The van der Waals surface area contributed by atoms with Gasteiger partial charge in [-0.2, -0.15) is 0 Å². The molecule has 1 N–H and O–H groups in total. The fourth-order valence-electron chi connectivity index (χ4n) is 1.67. The van der Waals surface area contributed by atoms with Crippen LogP contribution in [-0.2, 0) is 0 Å². The van der Waals surface area contributed by atoms with Crippen molar-refractivity contribution in [3.63, 3.8) is 0 Å². The lowest BCUT2D eigenvalue weighted by Crippen LogP contribution is -2.15. The molecule has 5 nitrogen and oxygen atoms in total. The summed E-state index contributed by atoms with van der Waals surface area (Å²) in [4.78, 5) is 22.4. The zero-order valence-electron chi connectivity index (χ0n) is 10.3. The smallest absolute Gasteiger partial charge is 0.283 e. The number of carbonyl (C=O) groups is 1. The molecule has 0 aliphatic heterocycles. The van der Waals surface area contributed by atoms with Crippen LogP contribution in [0.3, 0.4) is 0 Å². The van der Waals surface area contributed by atoms with Crippen LogP contribution in [0.2, 0.25) is 5.02 Å². The summed E-state index contributed by atoms with van der Waals surface area (Å²) in [6.07, 6.45) is 0. The van der Waals surface area contributed by atoms with E-state index in [1.807, 2.05) is 0 Å². The van der Waals surface area contributed by atoms with Crippen LogP contribution in [0.5, 0.6) is 0 Å². The first-order chi connectivity index (χ1) is 9.90. The van der Waals surface area contributed by atoms with E-state index in [9.17, 15) is 19.3 Å². The molecule has 0 aliphatic rings. The topological polar surface area (TPSA) is 72.2 Å². The molecular formula is C13H7BrClFN2O3. The van der Waals surface area contributed by atoms with Crippen LogP contribution in [0.1, 0.15) is 10.4 Å². The summed E-state index contributed by atoms with van der Waals surface area (Å²) in [7, 11) is 0. The highest BCUT2D eigenvalue weighted by Crippen LogP contribution is 2.29. The van der Waals surface area contributed by atoms with Gasteiger partial charge in [0.15, 0.2) is 0 Å². The number of carbonyl (C=O) groups excluding carboxylic acids is 1. The molecule has 2 aromatic carbocycles. The van der Waals surface area contributed by atoms with Gasteiger partial charge in [-0.1, -0.05) is 17.7 Å². The van der Waals surface area contributed by atoms with Crippen LogP contribution < -0.4 is 5.32 Å². The van der Waals surface area contributed by atoms with Gasteiger partial charge < -0.3 is 5.32 Å². The minimum atomic E-state index is -0.793. The number of nitrogens with one attached hydrogen (secondary N) is 1. The number of benzene rings is 2. The third-order valence-electron chi connectivity index (χ3n) is 2.59. The molecule has 0 atom stereocenters. The quantitative estimate of drug-likeness (QED) is 0.640. The summed E-state index contributed by atoms with van der Waals surface area (Å²) in [5.41, 5.74) is -0.554. The SMILES string of the molecule is O=C(Nc1cc(F)ccc1Br)c1c(Cl)cccc1[N+](=O)[O-]. The van der Waals surface area contributed by atoms with E-state index in [4.69, 9.17) is 11.6 Å². The number of halogens is 3. The summed E-state index contributed by atoms with van der Waals surface area (Å²) in [5.74, 6) is -1.35. The Kier molecular flexibility index (Phi) is 4.54. The van der Waals surface area contributed by atoms with Gasteiger partial charge in [0.1, 0.15) is 11.4 Å². The van der Waals surface area contributed by atoms with Crippen molar-refractivity contribution in [1.29, 1.82) is 0 Å². The van der Waals surface area contributed by atoms with Crippen LogP contribution in [0.25, 0.3) is 0 Å². The van der Waals surface area contributed by atoms with Gasteiger partial charge in [0.25, 0.3) is 11.6 Å². The number of rotatable bonds is 3. The van der Waals surface area contributed by atoms with E-state index in [0.29, 0.717) is 4.47 Å². The number of hydrogen-bond donors (Lipinski definition) is 1. The molecule has 0 saturated heterocycles. The van der Waals surface area contributed by atoms with Crippen molar-refractivity contribution in [2.75, 3.05) is 5.32 Å². The van der Waals surface area contributed by atoms with Crippen LogP contribution in [0.15, 0.2) is 40.9 Å². The third-order valence-corrected chi connectivity index (χ3v) is 3.60. The fraction of sp³-hybridized carbons (Fsp3) is 0. The van der Waals surface area contributed by atoms with Gasteiger partial charge in [-0.25, -0.2) is 4.39 Å². The average Bonchev–Trinajstić information content (AvgIpc) is 2.42. The number of amides is 1. The minimum Gasteiger partial charge on any atom is -0.321 e. The molecule has 2 rings (SSSR count). The summed E-state index contributed by atoms with van der Waals surface area (Å²) in [5, 5.41) is 13.3. The lowest BCUT2D eigenvalue weighted by molar-refractivity contribution is -0.385. The van der Waals surface area contributed by atoms with Crippen molar-refractivity contribution in [3.8, 4) is 0 Å². The zero-order valence-corrected chi connectivity index (χ0v) is 12.6. The van der Waals surface area contributed by atoms with Crippen molar-refractivity contribution in [2.45, 2.75) is 0 Å². The normalized spacial score (nSPS) is 10.2. The second kappa shape index (κ2) is 6.19. The van der Waals surface area contributed by atoms with Gasteiger partial charge in [0, 0.05) is 10.5 Å². The monoisotopic (exact) mass is 372 g/mol. The number of hydrogen-bond acceptors (Lipinski definition) is 3. The highest BCUT2D eigenvalue weighted by molar-refractivity contribution is 9.10. The predicted octanol–water partition coefficient (Wildman–Crippen LogP) is 4.40. The highest BCUT2D eigenvalue weighted by Gasteiger charge is 2.23. The van der Waals surface area contributed by atoms with E-state index >= 15 is 0 Å². The number of nitrogens with zero attached hydrogens (tertiary/aromatic N) is 1. The Balaban J connectivity index is 2.42. The van der Waals surface area contributed by atoms with Gasteiger partial charge in [0.2, 0.25) is 0 Å². The molecule has 0 aliphatic carbocycles. The van der Waals surface area contributed by atoms with Crippen molar-refractivity contribution >= 4 is 44.8 Å². The van der Waals surface area contributed by atoms with Crippen molar-refractivity contribution in [1.82, 2.24) is 0 Å². The van der Waals surface area contributed by atoms with E-state index in [-0.39, 0.29) is 16.3 Å². The largest absolute Gasteiger partial charge is 0.321 e. The average molecular weight is 374 g/mol. The molecule has 0 aromatic heterocycles. The van der Waals surface area contributed by atoms with E-state index in [0.717, 1.165) is 6.07 Å². The van der Waals surface area contributed by atoms with E-state index in [1.54, 1.807) is 0 Å². The van der Waals surface area contributed by atoms with Crippen molar-refractivity contribution < 1.29 is 14.1 Å². The number of nitro groups is 1. The maximum Gasteiger partial charge on any atom is 0.283 e. The van der Waals surface area contributed by atoms with Gasteiger partial charge in [0.05, 0.1) is 15.6 Å². The summed E-state index contributed by atoms with van der Waals surface area (Å²) in [6, 6.07) is 7.61. The first kappa shape index (κ1) is 15.4. The minimum absolute atomic E-state index is 0.0609. The molecule has 0 saturated carbocycles. The second-order valence-corrected chi connectivity index (χ2v) is 5.23. The summed E-state index contributed by atoms with van der Waals surface area (Å²) in [6.45, 7) is 0. The van der Waals surface area contributed by atoms with Crippen molar-refractivity contribution in [2.24, 2.45) is 0 Å². The summed E-state index contributed by atoms with van der Waals surface area (Å²) < 4.78 is 13.6. The predicted molar refractivity (Wildman–Crippen MR) is 80.2 cm³/mol. The number of nitro benzene ring substituents is 1. The molecule has 0 fully saturated rings. The molecule has 0 bridgehead atoms. The fourth-order valence-corrected chi connectivity index (χ4v) is 2.27. The van der Waals surface area contributed by atoms with Crippen LogP contribution in [0.4, 0.5) is 15.8 Å². The van der Waals surface area contributed by atoms with Gasteiger partial charge >= 0.3 is 0 Å². The molecule has 21 heavy (non-hydrogen) atoms.